The monoisotopic (exact) mass is 263 g/mol. The molecule has 0 heterocycles. The van der Waals surface area contributed by atoms with Gasteiger partial charge in [0.1, 0.15) is 5.75 Å². The molecule has 0 aromatic heterocycles. The standard InChI is InChI=1S/C14H14ClNO2/c15-12-2-1-3-13(10-12)16(18)9-8-11-4-6-14(17)7-5-11/h1-7,10,17-18H,8-9H2. The van der Waals surface area contributed by atoms with Crippen molar-refractivity contribution in [2.45, 2.75) is 6.42 Å². The summed E-state index contributed by atoms with van der Waals surface area (Å²) < 4.78 is 0. The Morgan fingerprint density at radius 2 is 1.78 bits per heavy atom. The Morgan fingerprint density at radius 3 is 2.44 bits per heavy atom. The van der Waals surface area contributed by atoms with Gasteiger partial charge in [0.05, 0.1) is 5.69 Å². The van der Waals surface area contributed by atoms with Crippen molar-refractivity contribution in [1.82, 2.24) is 0 Å². The third-order valence-corrected chi connectivity index (χ3v) is 2.89. The molecule has 0 saturated heterocycles. The molecule has 0 aliphatic heterocycles. The molecule has 0 amide bonds. The molecule has 0 spiro atoms. The van der Waals surface area contributed by atoms with Gasteiger partial charge in [-0.2, -0.15) is 0 Å². The molecule has 18 heavy (non-hydrogen) atoms. The fourth-order valence-electron chi connectivity index (χ4n) is 1.66. The Morgan fingerprint density at radius 1 is 1.06 bits per heavy atom. The smallest absolute Gasteiger partial charge is 0.115 e. The lowest BCUT2D eigenvalue weighted by Gasteiger charge is -2.17. The maximum absolute atomic E-state index is 9.89. The van der Waals surface area contributed by atoms with Crippen molar-refractivity contribution in [3.8, 4) is 5.75 Å². The number of phenolic OH excluding ortho intramolecular Hbond substituents is 1. The van der Waals surface area contributed by atoms with Crippen LogP contribution in [-0.2, 0) is 6.42 Å². The van der Waals surface area contributed by atoms with Crippen LogP contribution >= 0.6 is 11.6 Å². The van der Waals surface area contributed by atoms with E-state index in [0.29, 0.717) is 23.7 Å². The molecular formula is C14H14ClNO2. The summed E-state index contributed by atoms with van der Waals surface area (Å²) in [5, 5.41) is 20.8. The van der Waals surface area contributed by atoms with Crippen LogP contribution in [0.5, 0.6) is 5.75 Å². The zero-order valence-electron chi connectivity index (χ0n) is 9.75. The number of anilines is 1. The van der Waals surface area contributed by atoms with Crippen LogP contribution in [0.3, 0.4) is 0 Å². The van der Waals surface area contributed by atoms with Gasteiger partial charge >= 0.3 is 0 Å². The van der Waals surface area contributed by atoms with Crippen LogP contribution in [0.2, 0.25) is 5.02 Å². The molecular weight excluding hydrogens is 250 g/mol. The van der Waals surface area contributed by atoms with Gasteiger partial charge in [-0.05, 0) is 42.3 Å². The second-order valence-electron chi connectivity index (χ2n) is 4.02. The van der Waals surface area contributed by atoms with Gasteiger partial charge in [0, 0.05) is 11.6 Å². The van der Waals surface area contributed by atoms with Gasteiger partial charge in [0.25, 0.3) is 0 Å². The summed E-state index contributed by atoms with van der Waals surface area (Å²) >= 11 is 5.86. The minimum absolute atomic E-state index is 0.245. The van der Waals surface area contributed by atoms with Gasteiger partial charge in [-0.3, -0.25) is 10.3 Å². The predicted molar refractivity (Wildman–Crippen MR) is 72.4 cm³/mol. The average Bonchev–Trinajstić information content (AvgIpc) is 2.38. The summed E-state index contributed by atoms with van der Waals surface area (Å²) in [4.78, 5) is 0. The van der Waals surface area contributed by atoms with Crippen LogP contribution in [0, 0.1) is 0 Å². The van der Waals surface area contributed by atoms with E-state index in [0.717, 1.165) is 5.56 Å². The van der Waals surface area contributed by atoms with E-state index in [1.165, 1.54) is 5.06 Å². The molecule has 0 aliphatic rings. The highest BCUT2D eigenvalue weighted by Crippen LogP contribution is 2.18. The number of rotatable bonds is 4. The van der Waals surface area contributed by atoms with E-state index >= 15 is 0 Å². The average molecular weight is 264 g/mol. The zero-order valence-corrected chi connectivity index (χ0v) is 10.5. The summed E-state index contributed by atoms with van der Waals surface area (Å²) in [7, 11) is 0. The highest BCUT2D eigenvalue weighted by Gasteiger charge is 2.04. The molecule has 0 fully saturated rings. The Kier molecular flexibility index (Phi) is 4.07. The maximum Gasteiger partial charge on any atom is 0.115 e. The van der Waals surface area contributed by atoms with Crippen LogP contribution in [0.1, 0.15) is 5.56 Å². The number of hydrogen-bond acceptors (Lipinski definition) is 3. The first-order chi connectivity index (χ1) is 8.65. The first-order valence-electron chi connectivity index (χ1n) is 5.65. The van der Waals surface area contributed by atoms with Crippen molar-refractivity contribution in [3.05, 3.63) is 59.1 Å². The molecule has 0 unspecified atom stereocenters. The van der Waals surface area contributed by atoms with Gasteiger partial charge in [-0.25, -0.2) is 0 Å². The first-order valence-corrected chi connectivity index (χ1v) is 6.03. The van der Waals surface area contributed by atoms with E-state index in [2.05, 4.69) is 0 Å². The van der Waals surface area contributed by atoms with Crippen molar-refractivity contribution in [3.63, 3.8) is 0 Å². The van der Waals surface area contributed by atoms with Crippen LogP contribution in [-0.4, -0.2) is 16.9 Å². The highest BCUT2D eigenvalue weighted by atomic mass is 35.5. The van der Waals surface area contributed by atoms with Gasteiger partial charge in [0.15, 0.2) is 0 Å². The van der Waals surface area contributed by atoms with Crippen LogP contribution in [0.25, 0.3) is 0 Å². The fraction of sp³-hybridized carbons (Fsp3) is 0.143. The second kappa shape index (κ2) is 5.76. The summed E-state index contributed by atoms with van der Waals surface area (Å²) in [6.07, 6.45) is 0.684. The van der Waals surface area contributed by atoms with Crippen molar-refractivity contribution in [2.75, 3.05) is 11.6 Å². The second-order valence-corrected chi connectivity index (χ2v) is 4.46. The summed E-state index contributed by atoms with van der Waals surface area (Å²) in [6.45, 7) is 0.463. The van der Waals surface area contributed by atoms with Gasteiger partial charge in [-0.1, -0.05) is 29.8 Å². The van der Waals surface area contributed by atoms with E-state index < -0.39 is 0 Å². The number of phenols is 1. The molecule has 0 radical (unpaired) electrons. The number of benzene rings is 2. The molecule has 94 valence electrons. The molecule has 0 aliphatic carbocycles. The number of nitrogens with zero attached hydrogens (tertiary/aromatic N) is 1. The van der Waals surface area contributed by atoms with Gasteiger partial charge < -0.3 is 5.11 Å². The normalized spacial score (nSPS) is 10.3. The molecule has 2 N–H and O–H groups in total. The van der Waals surface area contributed by atoms with Crippen molar-refractivity contribution in [2.24, 2.45) is 0 Å². The predicted octanol–water partition coefficient (Wildman–Crippen LogP) is 3.48. The minimum atomic E-state index is 0.245. The first kappa shape index (κ1) is 12.7. The lowest BCUT2D eigenvalue weighted by Crippen LogP contribution is -2.20. The Bertz CT molecular complexity index is 513. The summed E-state index contributed by atoms with van der Waals surface area (Å²) in [5.41, 5.74) is 1.72. The molecule has 2 aromatic rings. The van der Waals surface area contributed by atoms with Crippen LogP contribution in [0.4, 0.5) is 5.69 Å². The molecule has 0 saturated carbocycles. The number of hydroxylamine groups is 1. The quantitative estimate of drug-likeness (QED) is 0.830. The number of halogens is 1. The molecule has 3 nitrogen and oxygen atoms in total. The SMILES string of the molecule is Oc1ccc(CCN(O)c2cccc(Cl)c2)cc1. The zero-order chi connectivity index (χ0) is 13.0. The third-order valence-electron chi connectivity index (χ3n) is 2.65. The minimum Gasteiger partial charge on any atom is -0.508 e. The van der Waals surface area contributed by atoms with Gasteiger partial charge in [0.2, 0.25) is 0 Å². The number of aromatic hydroxyl groups is 1. The van der Waals surface area contributed by atoms with E-state index in [4.69, 9.17) is 16.7 Å². The summed E-state index contributed by atoms with van der Waals surface area (Å²) in [6, 6.07) is 14.0. The Balaban J connectivity index is 1.96. The van der Waals surface area contributed by atoms with Crippen LogP contribution in [0.15, 0.2) is 48.5 Å². The fourth-order valence-corrected chi connectivity index (χ4v) is 1.85. The molecule has 2 aromatic carbocycles. The Hall–Kier alpha value is -1.71. The maximum atomic E-state index is 9.89. The molecule has 2 rings (SSSR count). The van der Waals surface area contributed by atoms with E-state index in [-0.39, 0.29) is 5.75 Å². The third kappa shape index (κ3) is 3.39. The highest BCUT2D eigenvalue weighted by molar-refractivity contribution is 6.30. The number of hydrogen-bond donors (Lipinski definition) is 2. The van der Waals surface area contributed by atoms with E-state index in [1.54, 1.807) is 36.4 Å². The van der Waals surface area contributed by atoms with E-state index in [9.17, 15) is 5.21 Å². The van der Waals surface area contributed by atoms with E-state index in [1.807, 2.05) is 12.1 Å². The van der Waals surface area contributed by atoms with Crippen molar-refractivity contribution >= 4 is 17.3 Å². The van der Waals surface area contributed by atoms with Crippen LogP contribution < -0.4 is 5.06 Å². The largest absolute Gasteiger partial charge is 0.508 e. The van der Waals surface area contributed by atoms with Crippen molar-refractivity contribution in [1.29, 1.82) is 0 Å². The lowest BCUT2D eigenvalue weighted by molar-refractivity contribution is 0.255. The van der Waals surface area contributed by atoms with Crippen molar-refractivity contribution < 1.29 is 10.3 Å². The lowest BCUT2D eigenvalue weighted by atomic mass is 10.1. The molecule has 4 heteroatoms. The molecule has 0 bridgehead atoms. The Labute approximate surface area is 111 Å². The van der Waals surface area contributed by atoms with Gasteiger partial charge in [-0.15, -0.1) is 0 Å². The summed E-state index contributed by atoms with van der Waals surface area (Å²) in [5.74, 6) is 0.245. The topological polar surface area (TPSA) is 43.7 Å². The molecule has 0 atom stereocenters.